The van der Waals surface area contributed by atoms with Crippen LogP contribution in [0.4, 0.5) is 0 Å². The smallest absolute Gasteiger partial charge is 0.240 e. The van der Waals surface area contributed by atoms with Gasteiger partial charge in [0.05, 0.1) is 11.8 Å². The van der Waals surface area contributed by atoms with Crippen molar-refractivity contribution in [1.29, 1.82) is 0 Å². The topological polar surface area (TPSA) is 62.1 Å². The number of aryl methyl sites for hydroxylation is 1. The van der Waals surface area contributed by atoms with Crippen molar-refractivity contribution in [1.82, 2.24) is 5.01 Å². The average molecular weight is 386 g/mol. The standard InChI is InChI=1S/C24H22N2O3/c1-16-8-10-18(11-9-16)22-15-21(25-26(22)17(2)27)19-12-13-24(23(28)14-19)29-20-6-4-3-5-7-20/h3-14,22,28H,15H2,1-2H3. The van der Waals surface area contributed by atoms with E-state index in [2.05, 4.69) is 5.10 Å². The molecule has 0 bridgehead atoms. The number of rotatable bonds is 4. The summed E-state index contributed by atoms with van der Waals surface area (Å²) in [6.45, 7) is 3.55. The molecule has 29 heavy (non-hydrogen) atoms. The summed E-state index contributed by atoms with van der Waals surface area (Å²) in [5, 5.41) is 16.5. The van der Waals surface area contributed by atoms with Crippen LogP contribution in [0.1, 0.15) is 36.1 Å². The molecule has 0 fully saturated rings. The van der Waals surface area contributed by atoms with Crippen LogP contribution in [-0.2, 0) is 4.79 Å². The van der Waals surface area contributed by atoms with Crippen molar-refractivity contribution in [3.63, 3.8) is 0 Å². The first kappa shape index (κ1) is 18.7. The Morgan fingerprint density at radius 1 is 1.07 bits per heavy atom. The quantitative estimate of drug-likeness (QED) is 0.671. The number of ether oxygens (including phenoxy) is 1. The molecule has 5 nitrogen and oxygen atoms in total. The minimum absolute atomic E-state index is 0.0298. The Balaban J connectivity index is 1.59. The van der Waals surface area contributed by atoms with E-state index >= 15 is 0 Å². The van der Waals surface area contributed by atoms with Crippen LogP contribution >= 0.6 is 0 Å². The van der Waals surface area contributed by atoms with E-state index in [9.17, 15) is 9.90 Å². The predicted octanol–water partition coefficient (Wildman–Crippen LogP) is 5.19. The molecule has 3 aromatic carbocycles. The Labute approximate surface area is 169 Å². The molecule has 1 aliphatic heterocycles. The molecule has 0 aliphatic carbocycles. The van der Waals surface area contributed by atoms with Crippen molar-refractivity contribution in [3.8, 4) is 17.2 Å². The number of para-hydroxylation sites is 1. The number of carbonyl (C=O) groups excluding carboxylic acids is 1. The first-order valence-electron chi connectivity index (χ1n) is 9.51. The zero-order valence-corrected chi connectivity index (χ0v) is 16.4. The van der Waals surface area contributed by atoms with E-state index in [4.69, 9.17) is 4.74 Å². The molecule has 4 rings (SSSR count). The number of hydrogen-bond donors (Lipinski definition) is 1. The summed E-state index contributed by atoms with van der Waals surface area (Å²) in [5.41, 5.74) is 3.73. The Kier molecular flexibility index (Phi) is 5.04. The van der Waals surface area contributed by atoms with Crippen molar-refractivity contribution in [2.45, 2.75) is 26.3 Å². The molecule has 0 aromatic heterocycles. The van der Waals surface area contributed by atoms with Crippen LogP contribution in [0.5, 0.6) is 17.2 Å². The Bertz CT molecular complexity index is 1060. The zero-order valence-electron chi connectivity index (χ0n) is 16.4. The number of phenolic OH excluding ortho intramolecular Hbond substituents is 1. The maximum atomic E-state index is 12.1. The lowest BCUT2D eigenvalue weighted by molar-refractivity contribution is -0.130. The molecule has 1 N–H and O–H groups in total. The van der Waals surface area contributed by atoms with Crippen molar-refractivity contribution in [2.24, 2.45) is 5.10 Å². The molecule has 1 atom stereocenters. The van der Waals surface area contributed by atoms with E-state index in [1.165, 1.54) is 17.5 Å². The molecule has 5 heteroatoms. The second-order valence-electron chi connectivity index (χ2n) is 7.14. The fourth-order valence-corrected chi connectivity index (χ4v) is 3.42. The summed E-state index contributed by atoms with van der Waals surface area (Å²) in [6.07, 6.45) is 0.584. The van der Waals surface area contributed by atoms with Crippen LogP contribution in [0, 0.1) is 6.92 Å². The third-order valence-corrected chi connectivity index (χ3v) is 4.96. The van der Waals surface area contributed by atoms with E-state index in [1.807, 2.05) is 67.6 Å². The molecule has 0 saturated heterocycles. The lowest BCUT2D eigenvalue weighted by Gasteiger charge is -2.20. The van der Waals surface area contributed by atoms with Gasteiger partial charge in [0, 0.05) is 18.9 Å². The van der Waals surface area contributed by atoms with Gasteiger partial charge in [0.25, 0.3) is 0 Å². The molecular formula is C24H22N2O3. The van der Waals surface area contributed by atoms with E-state index < -0.39 is 0 Å². The highest BCUT2D eigenvalue weighted by atomic mass is 16.5. The van der Waals surface area contributed by atoms with Gasteiger partial charge in [0.1, 0.15) is 5.75 Å². The number of hydrogen-bond acceptors (Lipinski definition) is 4. The van der Waals surface area contributed by atoms with Gasteiger partial charge in [-0.1, -0.05) is 48.0 Å². The molecule has 0 radical (unpaired) electrons. The molecule has 1 heterocycles. The molecule has 0 spiro atoms. The number of phenols is 1. The highest BCUT2D eigenvalue weighted by Crippen LogP contribution is 2.36. The summed E-state index contributed by atoms with van der Waals surface area (Å²) < 4.78 is 5.73. The minimum atomic E-state index is -0.148. The van der Waals surface area contributed by atoms with Crippen LogP contribution in [0.3, 0.4) is 0 Å². The number of nitrogens with zero attached hydrogens (tertiary/aromatic N) is 2. The Hall–Kier alpha value is -3.60. The van der Waals surface area contributed by atoms with E-state index in [-0.39, 0.29) is 17.7 Å². The highest BCUT2D eigenvalue weighted by Gasteiger charge is 2.31. The first-order valence-corrected chi connectivity index (χ1v) is 9.51. The van der Waals surface area contributed by atoms with Crippen LogP contribution in [-0.4, -0.2) is 21.7 Å². The molecular weight excluding hydrogens is 364 g/mol. The fourth-order valence-electron chi connectivity index (χ4n) is 3.42. The summed E-state index contributed by atoms with van der Waals surface area (Å²) in [5.74, 6) is 0.939. The van der Waals surface area contributed by atoms with Crippen LogP contribution in [0.2, 0.25) is 0 Å². The number of aromatic hydroxyl groups is 1. The summed E-state index contributed by atoms with van der Waals surface area (Å²) in [4.78, 5) is 12.1. The lowest BCUT2D eigenvalue weighted by atomic mass is 9.97. The third-order valence-electron chi connectivity index (χ3n) is 4.96. The second kappa shape index (κ2) is 7.80. The monoisotopic (exact) mass is 386 g/mol. The summed E-state index contributed by atoms with van der Waals surface area (Å²) in [7, 11) is 0. The molecule has 0 saturated carbocycles. The molecule has 3 aromatic rings. The minimum Gasteiger partial charge on any atom is -0.504 e. The Morgan fingerprint density at radius 2 is 1.79 bits per heavy atom. The maximum Gasteiger partial charge on any atom is 0.240 e. The largest absolute Gasteiger partial charge is 0.504 e. The average Bonchev–Trinajstić information content (AvgIpc) is 3.17. The van der Waals surface area contributed by atoms with Crippen molar-refractivity contribution >= 4 is 11.6 Å². The van der Waals surface area contributed by atoms with Crippen molar-refractivity contribution in [2.75, 3.05) is 0 Å². The van der Waals surface area contributed by atoms with Gasteiger partial charge in [-0.05, 0) is 42.8 Å². The van der Waals surface area contributed by atoms with Gasteiger partial charge in [-0.2, -0.15) is 5.10 Å². The number of benzene rings is 3. The van der Waals surface area contributed by atoms with Crippen molar-refractivity contribution in [3.05, 3.63) is 89.5 Å². The second-order valence-corrected chi connectivity index (χ2v) is 7.14. The number of hydrazone groups is 1. The predicted molar refractivity (Wildman–Crippen MR) is 112 cm³/mol. The third kappa shape index (κ3) is 3.99. The van der Waals surface area contributed by atoms with Gasteiger partial charge in [0.15, 0.2) is 11.5 Å². The summed E-state index contributed by atoms with van der Waals surface area (Å²) >= 11 is 0. The number of amides is 1. The van der Waals surface area contributed by atoms with Crippen LogP contribution < -0.4 is 4.74 Å². The molecule has 1 aliphatic rings. The maximum absolute atomic E-state index is 12.1. The molecule has 146 valence electrons. The van der Waals surface area contributed by atoms with Crippen LogP contribution in [0.25, 0.3) is 0 Å². The van der Waals surface area contributed by atoms with Crippen molar-refractivity contribution < 1.29 is 14.6 Å². The van der Waals surface area contributed by atoms with E-state index in [1.54, 1.807) is 12.1 Å². The van der Waals surface area contributed by atoms with Gasteiger partial charge >= 0.3 is 0 Å². The first-order chi connectivity index (χ1) is 14.0. The molecule has 1 amide bonds. The normalized spacial score (nSPS) is 15.9. The Morgan fingerprint density at radius 3 is 2.45 bits per heavy atom. The zero-order chi connectivity index (χ0) is 20.4. The van der Waals surface area contributed by atoms with Gasteiger partial charge in [-0.25, -0.2) is 5.01 Å². The van der Waals surface area contributed by atoms with Gasteiger partial charge in [0.2, 0.25) is 5.91 Å². The van der Waals surface area contributed by atoms with Gasteiger partial charge in [-0.3, -0.25) is 4.79 Å². The van der Waals surface area contributed by atoms with Crippen LogP contribution in [0.15, 0.2) is 77.9 Å². The van der Waals surface area contributed by atoms with Gasteiger partial charge < -0.3 is 9.84 Å². The van der Waals surface area contributed by atoms with E-state index in [0.29, 0.717) is 17.9 Å². The van der Waals surface area contributed by atoms with Gasteiger partial charge in [-0.15, -0.1) is 0 Å². The lowest BCUT2D eigenvalue weighted by Crippen LogP contribution is -2.24. The number of carbonyl (C=O) groups is 1. The van der Waals surface area contributed by atoms with E-state index in [0.717, 1.165) is 16.8 Å². The summed E-state index contributed by atoms with van der Waals surface area (Å²) in [6, 6.07) is 22.5. The SMILES string of the molecule is CC(=O)N1N=C(c2ccc(Oc3ccccc3)c(O)c2)CC1c1ccc(C)cc1. The highest BCUT2D eigenvalue weighted by molar-refractivity contribution is 6.03. The molecule has 1 unspecified atom stereocenters. The fraction of sp³-hybridized carbons (Fsp3) is 0.167.